The van der Waals surface area contributed by atoms with Crippen LogP contribution in [-0.2, 0) is 0 Å². The van der Waals surface area contributed by atoms with E-state index in [-0.39, 0.29) is 23.0 Å². The Bertz CT molecular complexity index is 1290. The Balaban J connectivity index is 1.76. The lowest BCUT2D eigenvalue weighted by Gasteiger charge is -2.26. The number of aliphatic imine (C=N–C) groups is 1. The zero-order valence-electron chi connectivity index (χ0n) is 17.0. The third-order valence-corrected chi connectivity index (χ3v) is 4.83. The molecule has 0 bridgehead atoms. The van der Waals surface area contributed by atoms with Crippen LogP contribution in [0.5, 0.6) is 17.2 Å². The first-order chi connectivity index (χ1) is 15.5. The average molecular weight is 426 g/mol. The van der Waals surface area contributed by atoms with Gasteiger partial charge in [-0.15, -0.1) is 0 Å². The third-order valence-electron chi connectivity index (χ3n) is 4.83. The fourth-order valence-electron chi connectivity index (χ4n) is 3.35. The molecule has 3 aromatic rings. The number of ether oxygens (including phenoxy) is 2. The molecule has 158 valence electrons. The van der Waals surface area contributed by atoms with Crippen LogP contribution in [0.25, 0.3) is 0 Å². The summed E-state index contributed by atoms with van der Waals surface area (Å²) < 4.78 is 11.1. The predicted molar refractivity (Wildman–Crippen MR) is 119 cm³/mol. The molecular formula is C22H18N8O2. The fraction of sp³-hybridized carbons (Fsp3) is 0.0909. The van der Waals surface area contributed by atoms with Crippen LogP contribution in [0.4, 0.5) is 17.3 Å². The summed E-state index contributed by atoms with van der Waals surface area (Å²) in [5, 5.41) is 23.8. The number of anilines is 3. The number of hydrogen-bond donors (Lipinski definition) is 4. The lowest BCUT2D eigenvalue weighted by molar-refractivity contribution is 0.413. The molecule has 1 aliphatic heterocycles. The first kappa shape index (κ1) is 20.3. The third kappa shape index (κ3) is 3.76. The van der Waals surface area contributed by atoms with Crippen molar-refractivity contribution in [3.8, 4) is 29.5 Å². The smallest absolute Gasteiger partial charge is 0.211 e. The summed E-state index contributed by atoms with van der Waals surface area (Å²) in [5.74, 6) is 2.41. The number of nitrogen functional groups attached to an aromatic ring is 2. The van der Waals surface area contributed by atoms with Crippen molar-refractivity contribution in [1.82, 2.24) is 10.3 Å². The van der Waals surface area contributed by atoms with Gasteiger partial charge in [0.2, 0.25) is 5.96 Å². The molecule has 6 N–H and O–H groups in total. The van der Waals surface area contributed by atoms with E-state index in [2.05, 4.69) is 20.6 Å². The fourth-order valence-corrected chi connectivity index (χ4v) is 3.35. The molecule has 0 spiro atoms. The van der Waals surface area contributed by atoms with Crippen molar-refractivity contribution in [2.45, 2.75) is 6.04 Å². The highest BCUT2D eigenvalue weighted by Gasteiger charge is 2.29. The van der Waals surface area contributed by atoms with Crippen LogP contribution in [0.2, 0.25) is 0 Å². The number of nitrogens with two attached hydrogens (primary N) is 2. The molecule has 10 nitrogen and oxygen atoms in total. The van der Waals surface area contributed by atoms with Gasteiger partial charge in [-0.25, -0.2) is 9.98 Å². The molecule has 10 heteroatoms. The Labute approximate surface area is 183 Å². The van der Waals surface area contributed by atoms with Crippen molar-refractivity contribution in [3.63, 3.8) is 0 Å². The number of nitriles is 2. The van der Waals surface area contributed by atoms with E-state index in [0.717, 1.165) is 11.3 Å². The molecule has 1 aromatic heterocycles. The molecule has 32 heavy (non-hydrogen) atoms. The zero-order valence-corrected chi connectivity index (χ0v) is 17.0. The Kier molecular flexibility index (Phi) is 5.35. The number of fused-ring (bicyclic) bond motifs is 1. The maximum absolute atomic E-state index is 9.45. The summed E-state index contributed by atoms with van der Waals surface area (Å²) in [6, 6.07) is 15.8. The van der Waals surface area contributed by atoms with Gasteiger partial charge < -0.3 is 26.3 Å². The van der Waals surface area contributed by atoms with Crippen molar-refractivity contribution in [1.29, 1.82) is 10.5 Å². The van der Waals surface area contributed by atoms with Crippen LogP contribution in [-0.4, -0.2) is 18.1 Å². The topological polar surface area (TPSA) is 167 Å². The van der Waals surface area contributed by atoms with E-state index in [1.165, 1.54) is 0 Å². The summed E-state index contributed by atoms with van der Waals surface area (Å²) in [6.45, 7) is 0. The maximum Gasteiger partial charge on any atom is 0.211 e. The van der Waals surface area contributed by atoms with Gasteiger partial charge in [0.1, 0.15) is 46.6 Å². The molecule has 1 aliphatic rings. The van der Waals surface area contributed by atoms with Gasteiger partial charge in [-0.05, 0) is 42.0 Å². The van der Waals surface area contributed by atoms with E-state index in [9.17, 15) is 5.26 Å². The minimum Gasteiger partial charge on any atom is -0.497 e. The molecule has 0 fully saturated rings. The number of rotatable bonds is 4. The summed E-state index contributed by atoms with van der Waals surface area (Å²) in [6.07, 6.45) is 1.82. The second kappa shape index (κ2) is 8.42. The second-order valence-corrected chi connectivity index (χ2v) is 6.75. The highest BCUT2D eigenvalue weighted by Crippen LogP contribution is 2.41. The molecule has 1 unspecified atom stereocenters. The molecule has 2 heterocycles. The highest BCUT2D eigenvalue weighted by molar-refractivity contribution is 5.98. The van der Waals surface area contributed by atoms with Gasteiger partial charge in [0.15, 0.2) is 6.19 Å². The van der Waals surface area contributed by atoms with Crippen molar-refractivity contribution in [3.05, 3.63) is 65.2 Å². The normalized spacial score (nSPS) is 14.1. The van der Waals surface area contributed by atoms with Crippen LogP contribution >= 0.6 is 0 Å². The highest BCUT2D eigenvalue weighted by atomic mass is 16.5. The van der Waals surface area contributed by atoms with Gasteiger partial charge in [-0.1, -0.05) is 12.1 Å². The van der Waals surface area contributed by atoms with Gasteiger partial charge in [-0.2, -0.15) is 10.5 Å². The number of benzene rings is 2. The number of aromatic nitrogens is 1. The Morgan fingerprint density at radius 3 is 2.50 bits per heavy atom. The summed E-state index contributed by atoms with van der Waals surface area (Å²) >= 11 is 0. The molecule has 0 amide bonds. The standard InChI is InChI=1S/C22H18N8O2/c1-31-13-5-7-14(8-6-13)32-15-4-2-3-12(9-15)19-17-18(25)16(10-23)20(26)29-21(17)30-22(28-19)27-11-24/h2-9,19H,1H3,(H6,25,26,27,28,29,30). The zero-order chi connectivity index (χ0) is 22.7. The maximum atomic E-state index is 9.45. The molecule has 0 saturated heterocycles. The van der Waals surface area contributed by atoms with Crippen LogP contribution in [0.1, 0.15) is 22.7 Å². The molecule has 0 aliphatic carbocycles. The average Bonchev–Trinajstić information content (AvgIpc) is 2.79. The predicted octanol–water partition coefficient (Wildman–Crippen LogP) is 2.86. The van der Waals surface area contributed by atoms with Crippen molar-refractivity contribution in [2.24, 2.45) is 4.99 Å². The van der Waals surface area contributed by atoms with E-state index < -0.39 is 6.04 Å². The molecule has 1 atom stereocenters. The van der Waals surface area contributed by atoms with E-state index in [0.29, 0.717) is 22.9 Å². The van der Waals surface area contributed by atoms with Gasteiger partial charge in [0.05, 0.1) is 12.8 Å². The van der Waals surface area contributed by atoms with Crippen molar-refractivity contribution in [2.75, 3.05) is 23.9 Å². The van der Waals surface area contributed by atoms with Gasteiger partial charge in [0, 0.05) is 5.56 Å². The second-order valence-electron chi connectivity index (χ2n) is 6.75. The first-order valence-corrected chi connectivity index (χ1v) is 9.44. The Hall–Kier alpha value is -4.96. The number of nitrogens with zero attached hydrogens (tertiary/aromatic N) is 4. The van der Waals surface area contributed by atoms with Crippen LogP contribution in [0, 0.1) is 22.8 Å². The summed E-state index contributed by atoms with van der Waals surface area (Å²) in [4.78, 5) is 8.80. The number of hydrogen-bond acceptors (Lipinski definition) is 10. The molecular weight excluding hydrogens is 408 g/mol. The monoisotopic (exact) mass is 426 g/mol. The molecule has 0 radical (unpaired) electrons. The van der Waals surface area contributed by atoms with E-state index in [4.69, 9.17) is 26.2 Å². The van der Waals surface area contributed by atoms with E-state index in [1.54, 1.807) is 43.5 Å². The SMILES string of the molecule is COc1ccc(Oc2cccc(C3N=C(NC#N)Nc4nc(N)c(C#N)c(N)c43)c2)cc1. The van der Waals surface area contributed by atoms with Gasteiger partial charge >= 0.3 is 0 Å². The van der Waals surface area contributed by atoms with Crippen molar-refractivity contribution < 1.29 is 9.47 Å². The number of guanidine groups is 1. The molecule has 0 saturated carbocycles. The largest absolute Gasteiger partial charge is 0.497 e. The quantitative estimate of drug-likeness (QED) is 0.362. The minimum atomic E-state index is -0.651. The van der Waals surface area contributed by atoms with Crippen LogP contribution in [0.3, 0.4) is 0 Å². The molecule has 2 aromatic carbocycles. The Morgan fingerprint density at radius 2 is 1.81 bits per heavy atom. The number of pyridine rings is 1. The van der Waals surface area contributed by atoms with Gasteiger partial charge in [0.25, 0.3) is 0 Å². The Morgan fingerprint density at radius 1 is 1.06 bits per heavy atom. The molecule has 4 rings (SSSR count). The van der Waals surface area contributed by atoms with Crippen molar-refractivity contribution >= 4 is 23.3 Å². The summed E-state index contributed by atoms with van der Waals surface area (Å²) in [7, 11) is 1.60. The first-order valence-electron chi connectivity index (χ1n) is 9.44. The van der Waals surface area contributed by atoms with Crippen LogP contribution < -0.4 is 31.6 Å². The summed E-state index contributed by atoms with van der Waals surface area (Å²) in [5.41, 5.74) is 13.6. The van der Waals surface area contributed by atoms with Crippen LogP contribution in [0.15, 0.2) is 53.5 Å². The van der Waals surface area contributed by atoms with E-state index in [1.807, 2.05) is 24.4 Å². The number of methoxy groups -OCH3 is 1. The van der Waals surface area contributed by atoms with E-state index >= 15 is 0 Å². The lowest BCUT2D eigenvalue weighted by atomic mass is 9.95. The van der Waals surface area contributed by atoms with Gasteiger partial charge in [-0.3, -0.25) is 5.32 Å². The minimum absolute atomic E-state index is 0.00945. The lowest BCUT2D eigenvalue weighted by Crippen LogP contribution is -2.32. The number of nitrogens with one attached hydrogen (secondary N) is 2.